The molecule has 1 aromatic carbocycles. The molecule has 13 heavy (non-hydrogen) atoms. The van der Waals surface area contributed by atoms with Gasteiger partial charge in [-0.15, -0.1) is 0 Å². The first kappa shape index (κ1) is 9.97. The molecule has 0 spiro atoms. The molecule has 0 aliphatic heterocycles. The van der Waals surface area contributed by atoms with Crippen LogP contribution in [-0.4, -0.2) is 0 Å². The highest BCUT2D eigenvalue weighted by Gasteiger charge is 2.06. The van der Waals surface area contributed by atoms with Crippen LogP contribution in [0.15, 0.2) is 29.1 Å². The van der Waals surface area contributed by atoms with E-state index in [1.807, 2.05) is 31.2 Å². The van der Waals surface area contributed by atoms with Crippen molar-refractivity contribution >= 4 is 0 Å². The Morgan fingerprint density at radius 3 is 2.54 bits per heavy atom. The molecule has 0 aliphatic rings. The van der Waals surface area contributed by atoms with Crippen molar-refractivity contribution in [2.45, 2.75) is 33.1 Å². The Balaban J connectivity index is 3.32. The third-order valence-corrected chi connectivity index (χ3v) is 2.50. The summed E-state index contributed by atoms with van der Waals surface area (Å²) in [4.78, 5) is 11.8. The molecule has 1 aromatic rings. The highest BCUT2D eigenvalue weighted by Crippen LogP contribution is 2.13. The van der Waals surface area contributed by atoms with Gasteiger partial charge in [-0.2, -0.15) is 0 Å². The molecule has 1 atom stereocenters. The van der Waals surface area contributed by atoms with Crippen molar-refractivity contribution in [3.63, 3.8) is 0 Å². The summed E-state index contributed by atoms with van der Waals surface area (Å²) in [6, 6.07) is 7.66. The van der Waals surface area contributed by atoms with Crippen LogP contribution in [0.25, 0.3) is 0 Å². The Bertz CT molecular complexity index is 341. The Labute approximate surface area is 79.4 Å². The lowest BCUT2D eigenvalue weighted by Crippen LogP contribution is -2.10. The average molecular weight is 176 g/mol. The van der Waals surface area contributed by atoms with Crippen LogP contribution in [0.2, 0.25) is 0 Å². The van der Waals surface area contributed by atoms with Crippen LogP contribution in [0.4, 0.5) is 0 Å². The molecule has 1 rings (SSSR count). The first-order valence-corrected chi connectivity index (χ1v) is 4.76. The maximum absolute atomic E-state index is 11.8. The van der Waals surface area contributed by atoms with Gasteiger partial charge in [-0.3, -0.25) is 4.79 Å². The van der Waals surface area contributed by atoms with Gasteiger partial charge >= 0.3 is 0 Å². The molecule has 0 bridgehead atoms. The van der Waals surface area contributed by atoms with Crippen molar-refractivity contribution in [3.05, 3.63) is 45.6 Å². The Morgan fingerprint density at radius 2 is 1.92 bits per heavy atom. The first-order valence-electron chi connectivity index (χ1n) is 4.76. The molecular formula is C12H16O. The third-order valence-electron chi connectivity index (χ3n) is 2.50. The minimum atomic E-state index is 0.194. The minimum absolute atomic E-state index is 0.194. The number of aryl methyl sites for hydroxylation is 1. The zero-order valence-corrected chi connectivity index (χ0v) is 8.50. The summed E-state index contributed by atoms with van der Waals surface area (Å²) in [5.74, 6) is 0.360. The van der Waals surface area contributed by atoms with Gasteiger partial charge < -0.3 is 0 Å². The fraction of sp³-hybridized carbons (Fsp3) is 0.417. The lowest BCUT2D eigenvalue weighted by molar-refractivity contribution is 0.728. The van der Waals surface area contributed by atoms with Gasteiger partial charge in [0.15, 0.2) is 5.43 Å². The van der Waals surface area contributed by atoms with E-state index in [-0.39, 0.29) is 5.43 Å². The third kappa shape index (κ3) is 2.18. The molecule has 0 aliphatic carbocycles. The molecule has 0 aromatic heterocycles. The maximum atomic E-state index is 11.8. The normalized spacial score (nSPS) is 12.5. The van der Waals surface area contributed by atoms with Gasteiger partial charge in [-0.25, -0.2) is 0 Å². The predicted octanol–water partition coefficient (Wildman–Crippen LogP) is 2.87. The quantitative estimate of drug-likeness (QED) is 0.677. The van der Waals surface area contributed by atoms with Crippen LogP contribution < -0.4 is 5.43 Å². The van der Waals surface area contributed by atoms with Gasteiger partial charge in [-0.05, 0) is 24.8 Å². The second-order valence-corrected chi connectivity index (χ2v) is 3.50. The van der Waals surface area contributed by atoms with Gasteiger partial charge in [0.2, 0.25) is 0 Å². The summed E-state index contributed by atoms with van der Waals surface area (Å²) in [7, 11) is 0. The van der Waals surface area contributed by atoms with E-state index < -0.39 is 0 Å². The summed E-state index contributed by atoms with van der Waals surface area (Å²) in [5.41, 5.74) is 1.96. The van der Waals surface area contributed by atoms with Crippen molar-refractivity contribution in [3.8, 4) is 0 Å². The monoisotopic (exact) mass is 176 g/mol. The fourth-order valence-electron chi connectivity index (χ4n) is 1.35. The van der Waals surface area contributed by atoms with Crippen LogP contribution in [0, 0.1) is 6.92 Å². The number of hydrogen-bond donors (Lipinski definition) is 0. The highest BCUT2D eigenvalue weighted by molar-refractivity contribution is 5.23. The van der Waals surface area contributed by atoms with Gasteiger partial charge in [0, 0.05) is 5.56 Å². The van der Waals surface area contributed by atoms with Gasteiger partial charge in [0.1, 0.15) is 0 Å². The molecule has 1 nitrogen and oxygen atoms in total. The first-order chi connectivity index (χ1) is 6.16. The van der Waals surface area contributed by atoms with E-state index in [0.717, 1.165) is 17.5 Å². The van der Waals surface area contributed by atoms with Crippen LogP contribution in [0.3, 0.4) is 0 Å². The van der Waals surface area contributed by atoms with E-state index >= 15 is 0 Å². The fourth-order valence-corrected chi connectivity index (χ4v) is 1.35. The lowest BCUT2D eigenvalue weighted by Gasteiger charge is -2.04. The Hall–Kier alpha value is -1.11. The maximum Gasteiger partial charge on any atom is 0.184 e. The summed E-state index contributed by atoms with van der Waals surface area (Å²) in [5, 5.41) is 0. The van der Waals surface area contributed by atoms with E-state index in [0.29, 0.717) is 5.92 Å². The minimum Gasteiger partial charge on any atom is -0.289 e. The van der Waals surface area contributed by atoms with E-state index in [1.54, 1.807) is 0 Å². The van der Waals surface area contributed by atoms with Crippen molar-refractivity contribution in [1.82, 2.24) is 0 Å². The second kappa shape index (κ2) is 4.22. The molecule has 1 heteroatoms. The SMILES string of the molecule is CCC(C)c1ccccc(C)c1=O. The topological polar surface area (TPSA) is 17.1 Å². The molecule has 1 unspecified atom stereocenters. The standard InChI is InChI=1S/C12H16O/c1-4-9(2)11-8-6-5-7-10(3)12(11)13/h5-9H,4H2,1-3H3. The van der Waals surface area contributed by atoms with Gasteiger partial charge in [0.25, 0.3) is 0 Å². The van der Waals surface area contributed by atoms with E-state index in [1.165, 1.54) is 0 Å². The van der Waals surface area contributed by atoms with E-state index in [9.17, 15) is 4.79 Å². The number of rotatable bonds is 2. The van der Waals surface area contributed by atoms with Crippen molar-refractivity contribution in [2.75, 3.05) is 0 Å². The van der Waals surface area contributed by atoms with Crippen LogP contribution >= 0.6 is 0 Å². The van der Waals surface area contributed by atoms with E-state index in [2.05, 4.69) is 13.8 Å². The van der Waals surface area contributed by atoms with Gasteiger partial charge in [0.05, 0.1) is 0 Å². The van der Waals surface area contributed by atoms with Crippen molar-refractivity contribution in [1.29, 1.82) is 0 Å². The molecule has 0 heterocycles. The van der Waals surface area contributed by atoms with Crippen molar-refractivity contribution in [2.24, 2.45) is 0 Å². The Kier molecular flexibility index (Phi) is 3.24. The summed E-state index contributed by atoms with van der Waals surface area (Å²) < 4.78 is 0. The highest BCUT2D eigenvalue weighted by atomic mass is 16.1. The lowest BCUT2D eigenvalue weighted by atomic mass is 9.99. The molecule has 0 amide bonds. The smallest absolute Gasteiger partial charge is 0.184 e. The van der Waals surface area contributed by atoms with Crippen LogP contribution in [0.1, 0.15) is 37.3 Å². The molecule has 0 N–H and O–H groups in total. The van der Waals surface area contributed by atoms with Gasteiger partial charge in [-0.1, -0.05) is 38.1 Å². The summed E-state index contributed by atoms with van der Waals surface area (Å²) >= 11 is 0. The number of hydrogen-bond acceptors (Lipinski definition) is 1. The largest absolute Gasteiger partial charge is 0.289 e. The Morgan fingerprint density at radius 1 is 1.31 bits per heavy atom. The second-order valence-electron chi connectivity index (χ2n) is 3.50. The predicted molar refractivity (Wildman–Crippen MR) is 56.2 cm³/mol. The van der Waals surface area contributed by atoms with E-state index in [4.69, 9.17) is 0 Å². The zero-order valence-electron chi connectivity index (χ0n) is 8.50. The summed E-state index contributed by atoms with van der Waals surface area (Å²) in [6.45, 7) is 6.07. The summed E-state index contributed by atoms with van der Waals surface area (Å²) in [6.07, 6.45) is 1.01. The molecule has 0 fully saturated rings. The zero-order chi connectivity index (χ0) is 9.84. The molecule has 0 saturated heterocycles. The average Bonchev–Trinajstić information content (AvgIpc) is 2.29. The van der Waals surface area contributed by atoms with Crippen molar-refractivity contribution < 1.29 is 0 Å². The van der Waals surface area contributed by atoms with Crippen LogP contribution in [-0.2, 0) is 0 Å². The molecule has 0 radical (unpaired) electrons. The van der Waals surface area contributed by atoms with Crippen LogP contribution in [0.5, 0.6) is 0 Å². The molecular weight excluding hydrogens is 160 g/mol. The molecule has 70 valence electrons. The molecule has 0 saturated carbocycles.